The van der Waals surface area contributed by atoms with Crippen molar-refractivity contribution >= 4 is 44.9 Å². The molecule has 2 N–H and O–H groups in total. The Hall–Kier alpha value is -4.41. The molecule has 0 aliphatic carbocycles. The highest BCUT2D eigenvalue weighted by Gasteiger charge is 2.32. The summed E-state index contributed by atoms with van der Waals surface area (Å²) in [7, 11) is -4.13. The van der Waals surface area contributed by atoms with Gasteiger partial charge >= 0.3 is 6.18 Å². The third-order valence-electron chi connectivity index (χ3n) is 5.82. The molecule has 3 rings (SSSR count). The minimum Gasteiger partial charge on any atom is -0.483 e. The van der Waals surface area contributed by atoms with Gasteiger partial charge in [0.25, 0.3) is 15.9 Å². The number of ether oxygens (including phenoxy) is 1. The number of halogens is 4. The first kappa shape index (κ1) is 33.1. The Balaban J connectivity index is 1.77. The summed E-state index contributed by atoms with van der Waals surface area (Å²) in [5.41, 5.74) is -1.66. The fourth-order valence-electron chi connectivity index (χ4n) is 3.84. The lowest BCUT2D eigenvalue weighted by Gasteiger charge is -2.14. The van der Waals surface area contributed by atoms with Crippen LogP contribution in [0.4, 0.5) is 18.9 Å². The lowest BCUT2D eigenvalue weighted by atomic mass is 9.98. The van der Waals surface area contributed by atoms with Crippen LogP contribution >= 0.6 is 11.6 Å². The number of rotatable bonds is 10. The highest BCUT2D eigenvalue weighted by molar-refractivity contribution is 7.90. The van der Waals surface area contributed by atoms with E-state index in [0.29, 0.717) is 17.7 Å². The number of nitrogens with one attached hydrogen (secondary N) is 2. The number of sulfonamides is 1. The van der Waals surface area contributed by atoms with Crippen LogP contribution < -0.4 is 14.8 Å². The molecule has 0 bridgehead atoms. The van der Waals surface area contributed by atoms with E-state index >= 15 is 0 Å². The second-order valence-electron chi connectivity index (χ2n) is 9.82. The predicted octanol–water partition coefficient (Wildman–Crippen LogP) is 5.64. The molecule has 0 fully saturated rings. The molecular formula is C29H25ClF3N3O6S. The SMILES string of the molecule is Cc1cc(S(=O)(=O)NC(=O)CC(C)C)ccc1NC(=O)COc1ccc(Cl)cc1C(=O)c1cc(C#N)cc(C(F)(F)F)c1. The van der Waals surface area contributed by atoms with Crippen molar-refractivity contribution < 1.29 is 40.7 Å². The van der Waals surface area contributed by atoms with Crippen LogP contribution in [-0.2, 0) is 25.8 Å². The van der Waals surface area contributed by atoms with Gasteiger partial charge < -0.3 is 10.1 Å². The van der Waals surface area contributed by atoms with Gasteiger partial charge in [-0.15, -0.1) is 0 Å². The number of amides is 2. The molecule has 0 saturated heterocycles. The molecule has 0 heterocycles. The van der Waals surface area contributed by atoms with Gasteiger partial charge in [-0.3, -0.25) is 14.4 Å². The maximum atomic E-state index is 13.3. The van der Waals surface area contributed by atoms with Crippen molar-refractivity contribution in [1.82, 2.24) is 4.72 Å². The zero-order valence-electron chi connectivity index (χ0n) is 23.0. The zero-order chi connectivity index (χ0) is 32.1. The van der Waals surface area contributed by atoms with Crippen molar-refractivity contribution in [3.05, 3.63) is 87.4 Å². The van der Waals surface area contributed by atoms with Crippen LogP contribution in [0.15, 0.2) is 59.5 Å². The van der Waals surface area contributed by atoms with E-state index in [1.807, 2.05) is 4.72 Å². The summed E-state index contributed by atoms with van der Waals surface area (Å²) in [5, 5.41) is 11.7. The Kier molecular flexibility index (Phi) is 10.2. The highest BCUT2D eigenvalue weighted by atomic mass is 35.5. The van der Waals surface area contributed by atoms with E-state index in [2.05, 4.69) is 5.32 Å². The first-order chi connectivity index (χ1) is 20.0. The number of ketones is 1. The van der Waals surface area contributed by atoms with Gasteiger partial charge in [-0.25, -0.2) is 13.1 Å². The normalized spacial score (nSPS) is 11.5. The lowest BCUT2D eigenvalue weighted by molar-refractivity contribution is -0.137. The Labute approximate surface area is 250 Å². The van der Waals surface area contributed by atoms with Crippen molar-refractivity contribution in [2.75, 3.05) is 11.9 Å². The van der Waals surface area contributed by atoms with E-state index in [4.69, 9.17) is 21.6 Å². The van der Waals surface area contributed by atoms with Crippen molar-refractivity contribution in [3.8, 4) is 11.8 Å². The first-order valence-corrected chi connectivity index (χ1v) is 14.4. The van der Waals surface area contributed by atoms with Crippen LogP contribution in [0.3, 0.4) is 0 Å². The van der Waals surface area contributed by atoms with Crippen LogP contribution in [0.2, 0.25) is 5.02 Å². The van der Waals surface area contributed by atoms with Crippen LogP contribution in [0.1, 0.15) is 52.9 Å². The van der Waals surface area contributed by atoms with E-state index < -0.39 is 51.5 Å². The molecule has 0 spiro atoms. The van der Waals surface area contributed by atoms with E-state index in [1.165, 1.54) is 37.3 Å². The van der Waals surface area contributed by atoms with Gasteiger partial charge in [-0.05, 0) is 73.0 Å². The number of carbonyl (C=O) groups is 3. The van der Waals surface area contributed by atoms with E-state index in [0.717, 1.165) is 12.1 Å². The molecule has 9 nitrogen and oxygen atoms in total. The molecular weight excluding hydrogens is 611 g/mol. The quantitative estimate of drug-likeness (QED) is 0.275. The molecule has 0 aromatic heterocycles. The Morgan fingerprint density at radius 1 is 1.02 bits per heavy atom. The molecule has 0 unspecified atom stereocenters. The van der Waals surface area contributed by atoms with E-state index in [-0.39, 0.29) is 44.8 Å². The summed E-state index contributed by atoms with van der Waals surface area (Å²) in [6, 6.07) is 11.4. The molecule has 0 aliphatic rings. The molecule has 0 atom stereocenters. The number of alkyl halides is 3. The van der Waals surface area contributed by atoms with Crippen molar-refractivity contribution in [2.24, 2.45) is 5.92 Å². The summed E-state index contributed by atoms with van der Waals surface area (Å²) in [5.74, 6) is -2.48. The van der Waals surface area contributed by atoms with Crippen molar-refractivity contribution in [3.63, 3.8) is 0 Å². The minimum atomic E-state index is -4.81. The van der Waals surface area contributed by atoms with Crippen LogP contribution in [0.25, 0.3) is 0 Å². The Morgan fingerprint density at radius 2 is 1.72 bits per heavy atom. The van der Waals surface area contributed by atoms with Crippen LogP contribution in [0.5, 0.6) is 5.75 Å². The third kappa shape index (κ3) is 8.79. The van der Waals surface area contributed by atoms with E-state index in [9.17, 15) is 36.0 Å². The highest BCUT2D eigenvalue weighted by Crippen LogP contribution is 2.32. The summed E-state index contributed by atoms with van der Waals surface area (Å²) >= 11 is 6.01. The number of nitrogens with zero attached hydrogens (tertiary/aromatic N) is 1. The summed E-state index contributed by atoms with van der Waals surface area (Å²) in [4.78, 5) is 37.6. The average molecular weight is 636 g/mol. The molecule has 226 valence electrons. The maximum absolute atomic E-state index is 13.3. The summed E-state index contributed by atoms with van der Waals surface area (Å²) < 4.78 is 72.5. The Bertz CT molecular complexity index is 1730. The maximum Gasteiger partial charge on any atom is 0.416 e. The lowest BCUT2D eigenvalue weighted by Crippen LogP contribution is -2.31. The fraction of sp³-hybridized carbons (Fsp3) is 0.241. The number of aryl methyl sites for hydroxylation is 1. The van der Waals surface area contributed by atoms with Gasteiger partial charge in [-0.2, -0.15) is 18.4 Å². The van der Waals surface area contributed by atoms with Gasteiger partial charge in [-0.1, -0.05) is 25.4 Å². The largest absolute Gasteiger partial charge is 0.483 e. The van der Waals surface area contributed by atoms with E-state index in [1.54, 1.807) is 19.9 Å². The van der Waals surface area contributed by atoms with Gasteiger partial charge in [0.15, 0.2) is 12.4 Å². The fourth-order valence-corrected chi connectivity index (χ4v) is 5.09. The number of carbonyl (C=O) groups excluding carboxylic acids is 3. The van der Waals surface area contributed by atoms with Crippen LogP contribution in [-0.4, -0.2) is 32.6 Å². The standard InChI is InChI=1S/C29H25ClF3N3O6S/c1-16(2)8-26(37)36-43(40,41)22-5-6-24(17(3)9-22)35-27(38)15-42-25-7-4-21(30)13-23(25)28(39)19-10-18(14-34)11-20(12-19)29(31,32)33/h4-7,9-13,16H,8,15H2,1-3H3,(H,35,38)(H,36,37). The predicted molar refractivity (Wildman–Crippen MR) is 151 cm³/mol. The first-order valence-electron chi connectivity index (χ1n) is 12.6. The molecule has 2 amide bonds. The van der Waals surface area contributed by atoms with Crippen molar-refractivity contribution in [1.29, 1.82) is 5.26 Å². The second kappa shape index (κ2) is 13.3. The van der Waals surface area contributed by atoms with Gasteiger partial charge in [0, 0.05) is 22.7 Å². The molecule has 43 heavy (non-hydrogen) atoms. The van der Waals surface area contributed by atoms with Gasteiger partial charge in [0.05, 0.1) is 27.7 Å². The number of nitriles is 1. The topological polar surface area (TPSA) is 142 Å². The summed E-state index contributed by atoms with van der Waals surface area (Å²) in [6.07, 6.45) is -4.79. The van der Waals surface area contributed by atoms with Crippen LogP contribution in [0, 0.1) is 24.2 Å². The molecule has 0 aliphatic heterocycles. The molecule has 3 aromatic rings. The number of hydrogen-bond donors (Lipinski definition) is 2. The average Bonchev–Trinajstić information content (AvgIpc) is 2.91. The number of benzene rings is 3. The van der Waals surface area contributed by atoms with Gasteiger partial charge in [0.2, 0.25) is 5.91 Å². The number of hydrogen-bond acceptors (Lipinski definition) is 7. The minimum absolute atomic E-state index is 0.0220. The third-order valence-corrected chi connectivity index (χ3v) is 7.43. The molecule has 14 heteroatoms. The second-order valence-corrected chi connectivity index (χ2v) is 11.9. The molecule has 0 radical (unpaired) electrons. The number of anilines is 1. The van der Waals surface area contributed by atoms with Crippen molar-refractivity contribution in [2.45, 2.75) is 38.3 Å². The van der Waals surface area contributed by atoms with Gasteiger partial charge in [0.1, 0.15) is 5.75 Å². The molecule has 3 aromatic carbocycles. The molecule has 0 saturated carbocycles. The monoisotopic (exact) mass is 635 g/mol. The summed E-state index contributed by atoms with van der Waals surface area (Å²) in [6.45, 7) is 4.43. The zero-order valence-corrected chi connectivity index (χ0v) is 24.6. The smallest absolute Gasteiger partial charge is 0.416 e. The Morgan fingerprint density at radius 3 is 2.33 bits per heavy atom.